The number of thioether (sulfide) groups is 1. The normalized spacial score (nSPS) is 17.7. The number of benzene rings is 2. The van der Waals surface area contributed by atoms with Crippen molar-refractivity contribution in [3.8, 4) is 0 Å². The van der Waals surface area contributed by atoms with Gasteiger partial charge in [-0.3, -0.25) is 19.0 Å². The molecule has 0 saturated heterocycles. The number of nitrogens with zero attached hydrogens (tertiary/aromatic N) is 2. The Morgan fingerprint density at radius 3 is 2.46 bits per heavy atom. The Bertz CT molecular complexity index is 1510. The molecule has 8 nitrogen and oxygen atoms in total. The van der Waals surface area contributed by atoms with Gasteiger partial charge in [0.2, 0.25) is 11.8 Å². The van der Waals surface area contributed by atoms with Crippen LogP contribution in [0, 0.1) is 11.8 Å². The Hall–Kier alpha value is -3.85. The lowest BCUT2D eigenvalue weighted by Gasteiger charge is -2.29. The van der Waals surface area contributed by atoms with Crippen LogP contribution in [0.5, 0.6) is 0 Å². The summed E-state index contributed by atoms with van der Waals surface area (Å²) in [7, 11) is 0. The smallest absolute Gasteiger partial charge is 0.262 e. The number of fused-ring (bicyclic) bond motifs is 1. The number of para-hydroxylation sites is 1. The number of hydrogen-bond acceptors (Lipinski definition) is 6. The monoisotopic (exact) mass is 572 g/mol. The summed E-state index contributed by atoms with van der Waals surface area (Å²) >= 11 is 1.33. The van der Waals surface area contributed by atoms with Gasteiger partial charge in [-0.15, -0.1) is 0 Å². The number of furan rings is 1. The molecule has 2 aromatic heterocycles. The van der Waals surface area contributed by atoms with Crippen molar-refractivity contribution in [1.82, 2.24) is 20.2 Å². The first-order valence-corrected chi connectivity index (χ1v) is 15.2. The van der Waals surface area contributed by atoms with Crippen LogP contribution in [0.15, 0.2) is 87.4 Å². The van der Waals surface area contributed by atoms with E-state index in [0.29, 0.717) is 47.9 Å². The second-order valence-electron chi connectivity index (χ2n) is 10.6. The van der Waals surface area contributed by atoms with E-state index in [1.165, 1.54) is 11.8 Å². The second kappa shape index (κ2) is 13.7. The van der Waals surface area contributed by atoms with Crippen LogP contribution in [0.25, 0.3) is 10.9 Å². The predicted octanol–water partition coefficient (Wildman–Crippen LogP) is 5.30. The van der Waals surface area contributed by atoms with E-state index in [9.17, 15) is 14.4 Å². The second-order valence-corrected chi connectivity index (χ2v) is 11.7. The molecule has 0 radical (unpaired) electrons. The summed E-state index contributed by atoms with van der Waals surface area (Å²) in [5.41, 5.74) is 1.62. The highest BCUT2D eigenvalue weighted by Gasteiger charge is 2.28. The minimum atomic E-state index is -0.409. The lowest BCUT2D eigenvalue weighted by molar-refractivity contribution is -0.126. The van der Waals surface area contributed by atoms with Crippen molar-refractivity contribution in [1.29, 1.82) is 0 Å². The molecule has 0 bridgehead atoms. The summed E-state index contributed by atoms with van der Waals surface area (Å²) in [5, 5.41) is 6.73. The average molecular weight is 573 g/mol. The SMILES string of the molecule is CC[C@@H](Sc1nc2ccccc2c(=O)n1CC1CCC(C(=O)NCc2ccccc2)CC1)C(=O)NCc1ccco1. The zero-order chi connectivity index (χ0) is 28.6. The molecule has 2 aromatic carbocycles. The summed E-state index contributed by atoms with van der Waals surface area (Å²) in [6.45, 7) is 3.31. The molecule has 1 saturated carbocycles. The van der Waals surface area contributed by atoms with Crippen LogP contribution in [0.1, 0.15) is 50.4 Å². The lowest BCUT2D eigenvalue weighted by Crippen LogP contribution is -2.35. The highest BCUT2D eigenvalue weighted by atomic mass is 32.2. The number of aromatic nitrogens is 2. The molecule has 2 amide bonds. The number of hydrogen-bond donors (Lipinski definition) is 2. The maximum Gasteiger partial charge on any atom is 0.262 e. The number of amides is 2. The molecule has 4 aromatic rings. The van der Waals surface area contributed by atoms with E-state index in [2.05, 4.69) is 10.6 Å². The predicted molar refractivity (Wildman–Crippen MR) is 160 cm³/mol. The lowest BCUT2D eigenvalue weighted by atomic mass is 9.81. The molecule has 1 aliphatic rings. The molecule has 2 heterocycles. The van der Waals surface area contributed by atoms with Crippen LogP contribution in [-0.4, -0.2) is 26.6 Å². The Balaban J connectivity index is 1.26. The largest absolute Gasteiger partial charge is 0.467 e. The van der Waals surface area contributed by atoms with Crippen molar-refractivity contribution in [3.63, 3.8) is 0 Å². The minimum Gasteiger partial charge on any atom is -0.467 e. The zero-order valence-corrected chi connectivity index (χ0v) is 24.1. The standard InChI is InChI=1S/C32H36N4O4S/c1-2-28(30(38)34-20-25-11-8-18-40-25)41-32-35-27-13-7-6-12-26(27)31(39)36(32)21-23-14-16-24(17-15-23)29(37)33-19-22-9-4-3-5-10-22/h3-13,18,23-24,28H,2,14-17,19-21H2,1H3,(H,33,37)(H,34,38)/t23?,24?,28-/m1/s1. The fourth-order valence-electron chi connectivity index (χ4n) is 5.34. The molecule has 1 atom stereocenters. The third kappa shape index (κ3) is 7.27. The van der Waals surface area contributed by atoms with Gasteiger partial charge in [-0.1, -0.05) is 61.2 Å². The van der Waals surface area contributed by atoms with Gasteiger partial charge in [-0.2, -0.15) is 0 Å². The summed E-state index contributed by atoms with van der Waals surface area (Å²) in [4.78, 5) is 44.4. The van der Waals surface area contributed by atoms with Gasteiger partial charge >= 0.3 is 0 Å². The summed E-state index contributed by atoms with van der Waals surface area (Å²) in [5.74, 6) is 0.895. The van der Waals surface area contributed by atoms with Crippen LogP contribution >= 0.6 is 11.8 Å². The van der Waals surface area contributed by atoms with E-state index >= 15 is 0 Å². The first kappa shape index (κ1) is 28.7. The van der Waals surface area contributed by atoms with Crippen LogP contribution in [-0.2, 0) is 29.2 Å². The summed E-state index contributed by atoms with van der Waals surface area (Å²) < 4.78 is 7.08. The highest BCUT2D eigenvalue weighted by molar-refractivity contribution is 8.00. The molecule has 5 rings (SSSR count). The van der Waals surface area contributed by atoms with Crippen molar-refractivity contribution in [3.05, 3.63) is 94.7 Å². The van der Waals surface area contributed by atoms with Crippen molar-refractivity contribution in [2.75, 3.05) is 0 Å². The third-order valence-electron chi connectivity index (χ3n) is 7.72. The van der Waals surface area contributed by atoms with Crippen LogP contribution in [0.3, 0.4) is 0 Å². The zero-order valence-electron chi connectivity index (χ0n) is 23.3. The molecule has 1 aliphatic carbocycles. The van der Waals surface area contributed by atoms with E-state index in [-0.39, 0.29) is 29.2 Å². The van der Waals surface area contributed by atoms with E-state index in [0.717, 1.165) is 31.2 Å². The van der Waals surface area contributed by atoms with Crippen molar-refractivity contribution >= 4 is 34.5 Å². The van der Waals surface area contributed by atoms with Gasteiger partial charge in [-0.05, 0) is 67.9 Å². The Morgan fingerprint density at radius 1 is 0.976 bits per heavy atom. The number of nitrogens with one attached hydrogen (secondary N) is 2. The first-order chi connectivity index (χ1) is 20.0. The molecule has 0 unspecified atom stereocenters. The van der Waals surface area contributed by atoms with Gasteiger partial charge in [0, 0.05) is 19.0 Å². The molecular weight excluding hydrogens is 536 g/mol. The quantitative estimate of drug-likeness (QED) is 0.187. The maximum absolute atomic E-state index is 13.7. The Morgan fingerprint density at radius 2 is 1.73 bits per heavy atom. The van der Waals surface area contributed by atoms with Crippen LogP contribution in [0.2, 0.25) is 0 Å². The Kier molecular flexibility index (Phi) is 9.56. The van der Waals surface area contributed by atoms with E-state index in [1.807, 2.05) is 61.5 Å². The summed E-state index contributed by atoms with van der Waals surface area (Å²) in [6.07, 6.45) is 5.45. The van der Waals surface area contributed by atoms with E-state index in [4.69, 9.17) is 9.40 Å². The van der Waals surface area contributed by atoms with Crippen molar-refractivity contribution in [2.45, 2.75) is 69.1 Å². The van der Waals surface area contributed by atoms with Crippen LogP contribution < -0.4 is 16.2 Å². The molecule has 2 N–H and O–H groups in total. The van der Waals surface area contributed by atoms with Crippen molar-refractivity contribution < 1.29 is 14.0 Å². The van der Waals surface area contributed by atoms with Crippen molar-refractivity contribution in [2.24, 2.45) is 11.8 Å². The summed E-state index contributed by atoms with van der Waals surface area (Å²) in [6, 6.07) is 20.9. The fourth-order valence-corrected chi connectivity index (χ4v) is 6.39. The fraction of sp³-hybridized carbons (Fsp3) is 0.375. The Labute approximate surface area is 243 Å². The third-order valence-corrected chi connectivity index (χ3v) is 9.08. The topological polar surface area (TPSA) is 106 Å². The highest BCUT2D eigenvalue weighted by Crippen LogP contribution is 2.32. The molecule has 0 spiro atoms. The average Bonchev–Trinajstić information content (AvgIpc) is 3.54. The van der Waals surface area contributed by atoms with Gasteiger partial charge in [0.05, 0.1) is 29.0 Å². The minimum absolute atomic E-state index is 0.0161. The first-order valence-electron chi connectivity index (χ1n) is 14.3. The molecule has 9 heteroatoms. The van der Waals surface area contributed by atoms with Crippen LogP contribution in [0.4, 0.5) is 0 Å². The van der Waals surface area contributed by atoms with Gasteiger partial charge in [0.15, 0.2) is 5.16 Å². The van der Waals surface area contributed by atoms with E-state index in [1.54, 1.807) is 23.0 Å². The van der Waals surface area contributed by atoms with E-state index < -0.39 is 5.25 Å². The van der Waals surface area contributed by atoms with Gasteiger partial charge in [0.25, 0.3) is 5.56 Å². The number of rotatable bonds is 11. The molecule has 0 aliphatic heterocycles. The molecule has 1 fully saturated rings. The molecule has 41 heavy (non-hydrogen) atoms. The van der Waals surface area contributed by atoms with Gasteiger partial charge in [0.1, 0.15) is 5.76 Å². The number of carbonyl (C=O) groups excluding carboxylic acids is 2. The maximum atomic E-state index is 13.7. The molecular formula is C32H36N4O4S. The number of carbonyl (C=O) groups is 2. The van der Waals surface area contributed by atoms with Gasteiger partial charge in [-0.25, -0.2) is 4.98 Å². The molecule has 214 valence electrons. The van der Waals surface area contributed by atoms with Gasteiger partial charge < -0.3 is 15.1 Å².